The van der Waals surface area contributed by atoms with E-state index in [1.54, 1.807) is 0 Å². The van der Waals surface area contributed by atoms with Crippen LogP contribution in [0, 0.1) is 18.7 Å². The van der Waals surface area contributed by atoms with Gasteiger partial charge in [-0.05, 0) is 122 Å². The van der Waals surface area contributed by atoms with Crippen LogP contribution in [-0.4, -0.2) is 14.1 Å². The second kappa shape index (κ2) is 16.8. The Labute approximate surface area is 409 Å². The van der Waals surface area contributed by atoms with Crippen LogP contribution >= 0.6 is 0 Å². The lowest BCUT2D eigenvalue weighted by Crippen LogP contribution is -2.32. The van der Waals surface area contributed by atoms with Crippen LogP contribution in [0.1, 0.15) is 104 Å². The van der Waals surface area contributed by atoms with Crippen LogP contribution in [0.15, 0.2) is 170 Å². The molecule has 3 heterocycles. The summed E-state index contributed by atoms with van der Waals surface area (Å²) in [4.78, 5) is 4.92. The second-order valence-electron chi connectivity index (χ2n) is 21.4. The first-order valence-corrected chi connectivity index (χ1v) is 23.6. The van der Waals surface area contributed by atoms with Gasteiger partial charge >= 0.3 is 0 Å². The molecule has 68 heavy (non-hydrogen) atoms. The standard InChI is InChI=1S/C63H62N4O/c1-41-20-17-29-56-59(41)66(60-51(43-21-13-12-14-22-43)26-19-27-52(60)45-34-46(62(6,7)8)37-47(35-45)63(9,10)11)40-65(56)48-23-18-24-49(38-48)68-50-30-31-54-53-25-15-16-28-55(53)67(57(54)39-50)58-36-44(32-33-64-58)42(2)61(3,4)5/h12-39,42H,1-11H3/i12D,13D,14D,21D,22D. The van der Waals surface area contributed by atoms with E-state index >= 15 is 0 Å². The molecule has 5 nitrogen and oxygen atoms in total. The molecule has 0 aliphatic heterocycles. The topological polar surface area (TPSA) is 35.9 Å². The third kappa shape index (κ3) is 8.19. The molecule has 5 heteroatoms. The lowest BCUT2D eigenvalue weighted by Gasteiger charge is -2.27. The van der Waals surface area contributed by atoms with Crippen LogP contribution in [0.2, 0.25) is 0 Å². The molecule has 0 fully saturated rings. The van der Waals surface area contributed by atoms with Gasteiger partial charge in [-0.2, -0.15) is 0 Å². The van der Waals surface area contributed by atoms with Gasteiger partial charge in [0.2, 0.25) is 0 Å². The molecule has 0 bridgehead atoms. The van der Waals surface area contributed by atoms with Crippen molar-refractivity contribution in [3.8, 4) is 50.9 Å². The van der Waals surface area contributed by atoms with Gasteiger partial charge in [0.15, 0.2) is 0 Å². The summed E-state index contributed by atoms with van der Waals surface area (Å²) in [6, 6.07) is 43.9. The fraction of sp³-hybridized carbons (Fsp3) is 0.238. The zero-order valence-electron chi connectivity index (χ0n) is 46.1. The molecule has 7 aromatic carbocycles. The lowest BCUT2D eigenvalue weighted by molar-refractivity contribution is -0.571. The van der Waals surface area contributed by atoms with Crippen LogP contribution in [0.3, 0.4) is 0 Å². The third-order valence-electron chi connectivity index (χ3n) is 13.6. The van der Waals surface area contributed by atoms with Crippen molar-refractivity contribution >= 4 is 32.8 Å². The van der Waals surface area contributed by atoms with Gasteiger partial charge < -0.3 is 4.74 Å². The number of nitrogens with zero attached hydrogens (tertiary/aromatic N) is 4. The molecule has 0 saturated heterocycles. The zero-order valence-corrected chi connectivity index (χ0v) is 41.1. The van der Waals surface area contributed by atoms with Gasteiger partial charge in [0, 0.05) is 23.0 Å². The summed E-state index contributed by atoms with van der Waals surface area (Å²) < 4.78 is 57.6. The van der Waals surface area contributed by atoms with Crippen LogP contribution in [0.25, 0.3) is 72.3 Å². The van der Waals surface area contributed by atoms with Crippen LogP contribution in [-0.2, 0) is 10.8 Å². The fourth-order valence-electron chi connectivity index (χ4n) is 9.34. The smallest absolute Gasteiger partial charge is 0.269 e. The summed E-state index contributed by atoms with van der Waals surface area (Å²) in [6.45, 7) is 24.4. The molecule has 340 valence electrons. The predicted octanol–water partition coefficient (Wildman–Crippen LogP) is 16.4. The Kier molecular flexibility index (Phi) is 9.60. The number of benzene rings is 7. The number of rotatable bonds is 8. The summed E-state index contributed by atoms with van der Waals surface area (Å²) in [5.74, 6) is 2.46. The molecule has 10 rings (SSSR count). The molecule has 0 spiro atoms. The zero-order chi connectivity index (χ0) is 52.1. The summed E-state index contributed by atoms with van der Waals surface area (Å²) in [5.41, 5.74) is 11.8. The Balaban J connectivity index is 1.15. The van der Waals surface area contributed by atoms with Gasteiger partial charge in [-0.1, -0.05) is 178 Å². The van der Waals surface area contributed by atoms with Gasteiger partial charge in [-0.25, -0.2) is 4.98 Å². The molecule has 1 unspecified atom stereocenters. The van der Waals surface area contributed by atoms with Crippen molar-refractivity contribution in [2.75, 3.05) is 0 Å². The molecule has 1 atom stereocenters. The van der Waals surface area contributed by atoms with E-state index in [2.05, 4.69) is 172 Å². The molecule has 0 aliphatic rings. The molecule has 3 aromatic heterocycles. The van der Waals surface area contributed by atoms with Gasteiger partial charge in [0.1, 0.15) is 17.3 Å². The van der Waals surface area contributed by atoms with Crippen molar-refractivity contribution in [3.05, 3.63) is 198 Å². The maximum absolute atomic E-state index is 9.26. The van der Waals surface area contributed by atoms with Gasteiger partial charge in [0.05, 0.1) is 40.3 Å². The molecule has 0 radical (unpaired) electrons. The highest BCUT2D eigenvalue weighted by molar-refractivity contribution is 6.09. The monoisotopic (exact) mass is 896 g/mol. The average Bonchev–Trinajstić information content (AvgIpc) is 3.91. The van der Waals surface area contributed by atoms with E-state index in [9.17, 15) is 2.74 Å². The quantitative estimate of drug-likeness (QED) is 0.113. The molecule has 0 saturated carbocycles. The lowest BCUT2D eigenvalue weighted by atomic mass is 9.78. The fourth-order valence-corrected chi connectivity index (χ4v) is 9.34. The van der Waals surface area contributed by atoms with E-state index in [0.717, 1.165) is 72.2 Å². The summed E-state index contributed by atoms with van der Waals surface area (Å²) >= 11 is 0. The van der Waals surface area contributed by atoms with Crippen LogP contribution in [0.5, 0.6) is 11.5 Å². The molecule has 0 amide bonds. The Bertz CT molecular complexity index is 3770. The van der Waals surface area contributed by atoms with Crippen molar-refractivity contribution in [1.82, 2.24) is 14.1 Å². The summed E-state index contributed by atoms with van der Waals surface area (Å²) in [6.07, 6.45) is 5.66. The van der Waals surface area contributed by atoms with Crippen molar-refractivity contribution in [3.63, 3.8) is 0 Å². The Hall–Kier alpha value is -7.24. The molecular weight excluding hydrogens is 829 g/mol. The summed E-state index contributed by atoms with van der Waals surface area (Å²) in [5, 5.41) is 2.23. The van der Waals surface area contributed by atoms with E-state index in [1.165, 1.54) is 5.56 Å². The summed E-state index contributed by atoms with van der Waals surface area (Å²) in [7, 11) is 0. The third-order valence-corrected chi connectivity index (χ3v) is 13.6. The Morgan fingerprint density at radius 3 is 1.99 bits per heavy atom. The number of para-hydroxylation sites is 3. The number of hydrogen-bond acceptors (Lipinski definition) is 2. The first kappa shape index (κ1) is 38.8. The number of pyridine rings is 1. The number of fused-ring (bicyclic) bond motifs is 4. The SMILES string of the molecule is [2H]c1c([2H])c([2H])c(-c2cccc(-c3cc(C(C)(C)C)cc(C(C)(C)C)c3)c2-[n+]2[c-]n(-c3cccc(Oc4ccc5c6ccccc6n(-c6cc(C(C)C(C)(C)C)ccn6)c5c4)c3)c3cccc(C)c32)c([2H])c1[2H]. The first-order valence-electron chi connectivity index (χ1n) is 26.1. The normalized spacial score (nSPS) is 13.9. The minimum Gasteiger partial charge on any atom is -0.458 e. The molecule has 0 N–H and O–H groups in total. The highest BCUT2D eigenvalue weighted by Crippen LogP contribution is 2.41. The van der Waals surface area contributed by atoms with Gasteiger partial charge in [-0.15, -0.1) is 0 Å². The maximum atomic E-state index is 9.26. The van der Waals surface area contributed by atoms with Crippen molar-refractivity contribution < 1.29 is 16.2 Å². The Morgan fingerprint density at radius 1 is 0.618 bits per heavy atom. The number of hydrogen-bond donors (Lipinski definition) is 0. The number of imidazole rings is 1. The van der Waals surface area contributed by atoms with Crippen molar-refractivity contribution in [1.29, 1.82) is 0 Å². The van der Waals surface area contributed by atoms with Gasteiger partial charge in [0.25, 0.3) is 6.33 Å². The number of aromatic nitrogens is 4. The molecule has 10 aromatic rings. The van der Waals surface area contributed by atoms with E-state index < -0.39 is 18.1 Å². The van der Waals surface area contributed by atoms with Gasteiger partial charge in [-0.3, -0.25) is 13.7 Å². The highest BCUT2D eigenvalue weighted by Gasteiger charge is 2.26. The molecular formula is C63H62N4O. The second-order valence-corrected chi connectivity index (χ2v) is 21.4. The van der Waals surface area contributed by atoms with E-state index in [4.69, 9.17) is 13.8 Å². The van der Waals surface area contributed by atoms with Crippen LogP contribution in [0.4, 0.5) is 0 Å². The first-order chi connectivity index (χ1) is 34.5. The van der Waals surface area contributed by atoms with E-state index in [-0.39, 0.29) is 33.9 Å². The number of aryl methyl sites for hydroxylation is 1. The maximum Gasteiger partial charge on any atom is 0.269 e. The van der Waals surface area contributed by atoms with Crippen LogP contribution < -0.4 is 9.30 Å². The largest absolute Gasteiger partial charge is 0.458 e. The van der Waals surface area contributed by atoms with Crippen molar-refractivity contribution in [2.45, 2.75) is 92.9 Å². The van der Waals surface area contributed by atoms with E-state index in [1.807, 2.05) is 63.9 Å². The molecule has 0 aliphatic carbocycles. The minimum absolute atomic E-state index is 0.0788. The number of ether oxygens (including phenoxy) is 1. The van der Waals surface area contributed by atoms with E-state index in [0.29, 0.717) is 28.7 Å². The highest BCUT2D eigenvalue weighted by atomic mass is 16.5. The average molecular weight is 896 g/mol. The predicted molar refractivity (Wildman–Crippen MR) is 283 cm³/mol. The minimum atomic E-state index is -0.437. The Morgan fingerprint density at radius 2 is 1.26 bits per heavy atom. The van der Waals surface area contributed by atoms with Crippen molar-refractivity contribution in [2.24, 2.45) is 5.41 Å².